The number of carbonyl (C=O) groups is 1. The molecule has 2 heterocycles. The van der Waals surface area contributed by atoms with Crippen molar-refractivity contribution in [2.24, 2.45) is 5.41 Å². The van der Waals surface area contributed by atoms with E-state index in [1.54, 1.807) is 0 Å². The molecule has 2 rings (SSSR count). The standard InChI is InChI=1S/C17H20F2N4O2/c1-9-10(7-12(18)22-15(9)19)21-13-6-5-11(24)14(23-13)16(25)20-8-17(2,3)4/h5-7,24H,8H2,1-4H3,(H,20,25)(H,21,22,23). The largest absolute Gasteiger partial charge is 0.505 e. The maximum atomic E-state index is 13.5. The number of rotatable bonds is 4. The number of amides is 1. The van der Waals surface area contributed by atoms with Gasteiger partial charge in [-0.3, -0.25) is 4.79 Å². The Balaban J connectivity index is 2.26. The van der Waals surface area contributed by atoms with E-state index in [9.17, 15) is 18.7 Å². The zero-order valence-corrected chi connectivity index (χ0v) is 14.4. The Morgan fingerprint density at radius 3 is 2.56 bits per heavy atom. The van der Waals surface area contributed by atoms with Crippen molar-refractivity contribution in [3.05, 3.63) is 41.4 Å². The Labute approximate surface area is 144 Å². The number of carbonyl (C=O) groups excluding carboxylic acids is 1. The Morgan fingerprint density at radius 1 is 1.24 bits per heavy atom. The van der Waals surface area contributed by atoms with Crippen molar-refractivity contribution >= 4 is 17.4 Å². The topological polar surface area (TPSA) is 87.1 Å². The Hall–Kier alpha value is -2.77. The second-order valence-electron chi connectivity index (χ2n) is 6.84. The molecule has 2 aromatic heterocycles. The quantitative estimate of drug-likeness (QED) is 0.737. The van der Waals surface area contributed by atoms with Crippen molar-refractivity contribution in [3.63, 3.8) is 0 Å². The lowest BCUT2D eigenvalue weighted by Crippen LogP contribution is -2.32. The van der Waals surface area contributed by atoms with Crippen LogP contribution in [0.2, 0.25) is 0 Å². The first-order valence-corrected chi connectivity index (χ1v) is 7.65. The molecule has 3 N–H and O–H groups in total. The molecule has 0 aliphatic carbocycles. The molecule has 0 aliphatic heterocycles. The van der Waals surface area contributed by atoms with E-state index in [-0.39, 0.29) is 33.9 Å². The van der Waals surface area contributed by atoms with Crippen LogP contribution >= 0.6 is 0 Å². The number of hydrogen-bond donors (Lipinski definition) is 3. The summed E-state index contributed by atoms with van der Waals surface area (Å²) in [4.78, 5) is 19.3. The highest BCUT2D eigenvalue weighted by Crippen LogP contribution is 2.24. The van der Waals surface area contributed by atoms with E-state index < -0.39 is 17.8 Å². The van der Waals surface area contributed by atoms with E-state index in [1.165, 1.54) is 19.1 Å². The maximum Gasteiger partial charge on any atom is 0.273 e. The first-order chi connectivity index (χ1) is 11.6. The summed E-state index contributed by atoms with van der Waals surface area (Å²) in [6.45, 7) is 7.68. The molecule has 2 aromatic rings. The minimum absolute atomic E-state index is 0.106. The van der Waals surface area contributed by atoms with Crippen LogP contribution in [-0.4, -0.2) is 27.5 Å². The molecular formula is C17H20F2N4O2. The van der Waals surface area contributed by atoms with E-state index >= 15 is 0 Å². The van der Waals surface area contributed by atoms with Crippen LogP contribution in [0.3, 0.4) is 0 Å². The predicted octanol–water partition coefficient (Wildman–Crippen LogP) is 3.29. The van der Waals surface area contributed by atoms with Gasteiger partial charge in [-0.2, -0.15) is 13.8 Å². The van der Waals surface area contributed by atoms with Crippen LogP contribution in [0.4, 0.5) is 20.3 Å². The van der Waals surface area contributed by atoms with E-state index in [2.05, 4.69) is 20.6 Å². The molecule has 0 radical (unpaired) electrons. The number of aromatic nitrogens is 2. The molecule has 8 heteroatoms. The third-order valence-electron chi connectivity index (χ3n) is 3.31. The molecule has 6 nitrogen and oxygen atoms in total. The fourth-order valence-electron chi connectivity index (χ4n) is 1.93. The van der Waals surface area contributed by atoms with Crippen molar-refractivity contribution in [3.8, 4) is 5.75 Å². The fourth-order valence-corrected chi connectivity index (χ4v) is 1.93. The lowest BCUT2D eigenvalue weighted by molar-refractivity contribution is 0.0931. The second kappa shape index (κ2) is 7.00. The summed E-state index contributed by atoms with van der Waals surface area (Å²) in [6.07, 6.45) is 0. The summed E-state index contributed by atoms with van der Waals surface area (Å²) in [5.74, 6) is -2.59. The number of nitrogens with zero attached hydrogens (tertiary/aromatic N) is 2. The molecule has 0 saturated heterocycles. The van der Waals surface area contributed by atoms with Crippen LogP contribution < -0.4 is 10.6 Å². The van der Waals surface area contributed by atoms with E-state index in [4.69, 9.17) is 0 Å². The molecule has 134 valence electrons. The van der Waals surface area contributed by atoms with Crippen LogP contribution in [0.5, 0.6) is 5.75 Å². The highest BCUT2D eigenvalue weighted by atomic mass is 19.1. The van der Waals surface area contributed by atoms with Crippen LogP contribution in [0, 0.1) is 24.2 Å². The molecule has 25 heavy (non-hydrogen) atoms. The normalized spacial score (nSPS) is 11.3. The SMILES string of the molecule is Cc1c(Nc2ccc(O)c(C(=O)NCC(C)(C)C)n2)cc(F)nc1F. The van der Waals surface area contributed by atoms with Gasteiger partial charge in [-0.25, -0.2) is 4.98 Å². The average Bonchev–Trinajstić information content (AvgIpc) is 2.51. The molecule has 0 fully saturated rings. The molecule has 0 bridgehead atoms. The van der Waals surface area contributed by atoms with Gasteiger partial charge in [-0.05, 0) is 24.5 Å². The van der Waals surface area contributed by atoms with Crippen LogP contribution in [0.15, 0.2) is 18.2 Å². The lowest BCUT2D eigenvalue weighted by Gasteiger charge is -2.18. The predicted molar refractivity (Wildman–Crippen MR) is 89.9 cm³/mol. The summed E-state index contributed by atoms with van der Waals surface area (Å²) in [5, 5.41) is 15.3. The van der Waals surface area contributed by atoms with Crippen molar-refractivity contribution < 1.29 is 18.7 Å². The van der Waals surface area contributed by atoms with E-state index in [0.29, 0.717) is 6.54 Å². The van der Waals surface area contributed by atoms with Crippen molar-refractivity contribution in [2.75, 3.05) is 11.9 Å². The molecule has 0 unspecified atom stereocenters. The Morgan fingerprint density at radius 2 is 1.92 bits per heavy atom. The lowest BCUT2D eigenvalue weighted by atomic mass is 9.97. The van der Waals surface area contributed by atoms with Crippen LogP contribution in [0.1, 0.15) is 36.8 Å². The van der Waals surface area contributed by atoms with Gasteiger partial charge in [0, 0.05) is 18.2 Å². The molecule has 0 atom stereocenters. The zero-order valence-electron chi connectivity index (χ0n) is 14.4. The van der Waals surface area contributed by atoms with E-state index in [0.717, 1.165) is 6.07 Å². The third kappa shape index (κ3) is 4.85. The smallest absolute Gasteiger partial charge is 0.273 e. The summed E-state index contributed by atoms with van der Waals surface area (Å²) in [7, 11) is 0. The van der Waals surface area contributed by atoms with E-state index in [1.807, 2.05) is 20.8 Å². The minimum atomic E-state index is -0.979. The fraction of sp³-hybridized carbons (Fsp3) is 0.353. The minimum Gasteiger partial charge on any atom is -0.505 e. The van der Waals surface area contributed by atoms with Gasteiger partial charge in [-0.1, -0.05) is 20.8 Å². The van der Waals surface area contributed by atoms with Gasteiger partial charge in [-0.15, -0.1) is 0 Å². The number of pyridine rings is 2. The number of halogens is 2. The first-order valence-electron chi connectivity index (χ1n) is 7.65. The van der Waals surface area contributed by atoms with Gasteiger partial charge >= 0.3 is 0 Å². The summed E-state index contributed by atoms with van der Waals surface area (Å²) >= 11 is 0. The monoisotopic (exact) mass is 350 g/mol. The highest BCUT2D eigenvalue weighted by molar-refractivity contribution is 5.95. The van der Waals surface area contributed by atoms with Crippen molar-refractivity contribution in [1.29, 1.82) is 0 Å². The molecule has 0 spiro atoms. The Bertz CT molecular complexity index is 804. The van der Waals surface area contributed by atoms with Crippen molar-refractivity contribution in [1.82, 2.24) is 15.3 Å². The Kier molecular flexibility index (Phi) is 5.20. The van der Waals surface area contributed by atoms with Gasteiger partial charge < -0.3 is 15.7 Å². The number of aromatic hydroxyl groups is 1. The van der Waals surface area contributed by atoms with Gasteiger partial charge in [0.15, 0.2) is 5.69 Å². The number of hydrogen-bond acceptors (Lipinski definition) is 5. The molecule has 0 saturated carbocycles. The molecule has 0 aromatic carbocycles. The maximum absolute atomic E-state index is 13.5. The van der Waals surface area contributed by atoms with Gasteiger partial charge in [0.25, 0.3) is 5.91 Å². The van der Waals surface area contributed by atoms with Gasteiger partial charge in [0.2, 0.25) is 11.9 Å². The van der Waals surface area contributed by atoms with Gasteiger partial charge in [0.1, 0.15) is 11.6 Å². The molecule has 0 aliphatic rings. The summed E-state index contributed by atoms with van der Waals surface area (Å²) in [5.41, 5.74) is -0.0780. The second-order valence-corrected chi connectivity index (χ2v) is 6.84. The number of nitrogens with one attached hydrogen (secondary N) is 2. The average molecular weight is 350 g/mol. The summed E-state index contributed by atoms with van der Waals surface area (Å²) in [6, 6.07) is 3.70. The molecular weight excluding hydrogens is 330 g/mol. The third-order valence-corrected chi connectivity index (χ3v) is 3.31. The number of anilines is 2. The van der Waals surface area contributed by atoms with Crippen molar-refractivity contribution in [2.45, 2.75) is 27.7 Å². The molecule has 1 amide bonds. The van der Waals surface area contributed by atoms with Crippen LogP contribution in [-0.2, 0) is 0 Å². The summed E-state index contributed by atoms with van der Waals surface area (Å²) < 4.78 is 26.8. The first kappa shape index (κ1) is 18.6. The zero-order chi connectivity index (χ0) is 18.8. The van der Waals surface area contributed by atoms with Gasteiger partial charge in [0.05, 0.1) is 5.69 Å². The van der Waals surface area contributed by atoms with Crippen LogP contribution in [0.25, 0.3) is 0 Å². The highest BCUT2D eigenvalue weighted by Gasteiger charge is 2.18.